The first kappa shape index (κ1) is 16.7. The average Bonchev–Trinajstić information content (AvgIpc) is 2.54. The van der Waals surface area contributed by atoms with Crippen molar-refractivity contribution in [3.05, 3.63) is 35.9 Å². The molecule has 0 bridgehead atoms. The summed E-state index contributed by atoms with van der Waals surface area (Å²) in [7, 11) is 0. The highest BCUT2D eigenvalue weighted by Gasteiger charge is 2.13. The molecule has 1 aliphatic rings. The Morgan fingerprint density at radius 2 is 2.00 bits per heavy atom. The van der Waals surface area contributed by atoms with Crippen molar-refractivity contribution in [2.45, 2.75) is 23.8 Å². The largest absolute Gasteiger partial charge is 0.381 e. The van der Waals surface area contributed by atoms with Gasteiger partial charge in [-0.05, 0) is 18.4 Å². The fourth-order valence-corrected chi connectivity index (χ4v) is 4.04. The summed E-state index contributed by atoms with van der Waals surface area (Å²) in [5.74, 6) is 2.57. The Labute approximate surface area is 135 Å². The smallest absolute Gasteiger partial charge is 0.230 e. The molecule has 5 heteroatoms. The van der Waals surface area contributed by atoms with E-state index in [1.165, 1.54) is 5.56 Å². The van der Waals surface area contributed by atoms with Crippen molar-refractivity contribution in [1.82, 2.24) is 5.32 Å². The van der Waals surface area contributed by atoms with E-state index in [4.69, 9.17) is 4.74 Å². The summed E-state index contributed by atoms with van der Waals surface area (Å²) in [4.78, 5) is 11.7. The predicted molar refractivity (Wildman–Crippen MR) is 91.9 cm³/mol. The van der Waals surface area contributed by atoms with E-state index in [9.17, 15) is 4.79 Å². The molecule has 2 rings (SSSR count). The van der Waals surface area contributed by atoms with Crippen LogP contribution in [0, 0.1) is 0 Å². The fraction of sp³-hybridized carbons (Fsp3) is 0.562. The van der Waals surface area contributed by atoms with E-state index >= 15 is 0 Å². The van der Waals surface area contributed by atoms with Gasteiger partial charge in [0, 0.05) is 36.5 Å². The van der Waals surface area contributed by atoms with Crippen molar-refractivity contribution in [3.63, 3.8) is 0 Å². The lowest BCUT2D eigenvalue weighted by Gasteiger charge is -2.21. The molecular weight excluding hydrogens is 302 g/mol. The van der Waals surface area contributed by atoms with Crippen LogP contribution in [0.3, 0.4) is 0 Å². The molecule has 0 aromatic heterocycles. The summed E-state index contributed by atoms with van der Waals surface area (Å²) in [5, 5.41) is 3.71. The Hall–Kier alpha value is -0.650. The zero-order chi connectivity index (χ0) is 14.8. The summed E-state index contributed by atoms with van der Waals surface area (Å²) >= 11 is 3.62. The van der Waals surface area contributed by atoms with Crippen molar-refractivity contribution in [2.75, 3.05) is 31.3 Å². The van der Waals surface area contributed by atoms with Crippen LogP contribution in [0.4, 0.5) is 0 Å². The minimum Gasteiger partial charge on any atom is -0.381 e. The molecule has 21 heavy (non-hydrogen) atoms. The van der Waals surface area contributed by atoms with Crippen molar-refractivity contribution >= 4 is 29.4 Å². The molecule has 1 aliphatic heterocycles. The van der Waals surface area contributed by atoms with Crippen LogP contribution >= 0.6 is 23.5 Å². The van der Waals surface area contributed by atoms with E-state index in [1.54, 1.807) is 11.8 Å². The summed E-state index contributed by atoms with van der Waals surface area (Å²) in [6.07, 6.45) is 2.29. The number of ether oxygens (including phenoxy) is 1. The van der Waals surface area contributed by atoms with Crippen LogP contribution in [0.5, 0.6) is 0 Å². The fourth-order valence-electron chi connectivity index (χ4n) is 2.15. The first-order chi connectivity index (χ1) is 10.3. The molecule has 0 saturated carbocycles. The zero-order valence-corrected chi connectivity index (χ0v) is 13.9. The van der Waals surface area contributed by atoms with Crippen LogP contribution in [0.2, 0.25) is 0 Å². The molecule has 1 amide bonds. The molecule has 0 radical (unpaired) electrons. The minimum atomic E-state index is 0.142. The number of benzene rings is 1. The second-order valence-corrected chi connectivity index (χ2v) is 7.40. The molecule has 1 fully saturated rings. The SMILES string of the molecule is O=C(CSCc1ccccc1)NCCSC1CCOCC1. The molecular formula is C16H23NO2S2. The number of rotatable bonds is 8. The van der Waals surface area contributed by atoms with Crippen LogP contribution in [0.25, 0.3) is 0 Å². The molecule has 0 aliphatic carbocycles. The second kappa shape index (κ2) is 10.1. The average molecular weight is 325 g/mol. The normalized spacial score (nSPS) is 15.8. The van der Waals surface area contributed by atoms with E-state index in [1.807, 2.05) is 30.0 Å². The number of amides is 1. The minimum absolute atomic E-state index is 0.142. The van der Waals surface area contributed by atoms with Gasteiger partial charge in [0.15, 0.2) is 0 Å². The van der Waals surface area contributed by atoms with Gasteiger partial charge >= 0.3 is 0 Å². The number of carbonyl (C=O) groups is 1. The Morgan fingerprint density at radius 1 is 1.24 bits per heavy atom. The Morgan fingerprint density at radius 3 is 2.76 bits per heavy atom. The van der Waals surface area contributed by atoms with Crippen molar-refractivity contribution in [1.29, 1.82) is 0 Å². The van der Waals surface area contributed by atoms with Gasteiger partial charge in [0.2, 0.25) is 5.91 Å². The standard InChI is InChI=1S/C16H23NO2S2/c18-16(13-20-12-14-4-2-1-3-5-14)17-8-11-21-15-6-9-19-10-7-15/h1-5,15H,6-13H2,(H,17,18). The first-order valence-electron chi connectivity index (χ1n) is 7.42. The van der Waals surface area contributed by atoms with Gasteiger partial charge in [-0.2, -0.15) is 11.8 Å². The van der Waals surface area contributed by atoms with Gasteiger partial charge in [0.05, 0.1) is 5.75 Å². The topological polar surface area (TPSA) is 38.3 Å². The van der Waals surface area contributed by atoms with Gasteiger partial charge < -0.3 is 10.1 Å². The predicted octanol–water partition coefficient (Wildman–Crippen LogP) is 2.95. The van der Waals surface area contributed by atoms with Gasteiger partial charge in [0.25, 0.3) is 0 Å². The molecule has 1 saturated heterocycles. The van der Waals surface area contributed by atoms with Crippen molar-refractivity contribution in [3.8, 4) is 0 Å². The van der Waals surface area contributed by atoms with Gasteiger partial charge in [0.1, 0.15) is 0 Å². The number of thioether (sulfide) groups is 2. The van der Waals surface area contributed by atoms with E-state index in [0.29, 0.717) is 11.0 Å². The third kappa shape index (κ3) is 7.25. The maximum atomic E-state index is 11.7. The van der Waals surface area contributed by atoms with E-state index in [2.05, 4.69) is 17.4 Å². The summed E-state index contributed by atoms with van der Waals surface area (Å²) in [5.41, 5.74) is 1.27. The maximum absolute atomic E-state index is 11.7. The number of hydrogen-bond donors (Lipinski definition) is 1. The molecule has 1 aromatic carbocycles. The molecule has 0 spiro atoms. The number of hydrogen-bond acceptors (Lipinski definition) is 4. The quantitative estimate of drug-likeness (QED) is 0.746. The molecule has 1 aromatic rings. The van der Waals surface area contributed by atoms with Gasteiger partial charge in [-0.15, -0.1) is 11.8 Å². The van der Waals surface area contributed by atoms with Crippen LogP contribution in [0.1, 0.15) is 18.4 Å². The molecule has 116 valence electrons. The lowest BCUT2D eigenvalue weighted by atomic mass is 10.2. The lowest BCUT2D eigenvalue weighted by molar-refractivity contribution is -0.118. The molecule has 0 unspecified atom stereocenters. The van der Waals surface area contributed by atoms with E-state index in [-0.39, 0.29) is 5.91 Å². The van der Waals surface area contributed by atoms with Crippen LogP contribution in [0.15, 0.2) is 30.3 Å². The molecule has 0 atom stereocenters. The van der Waals surface area contributed by atoms with Gasteiger partial charge in [-0.3, -0.25) is 4.79 Å². The highest BCUT2D eigenvalue weighted by molar-refractivity contribution is 8.00. The maximum Gasteiger partial charge on any atom is 0.230 e. The number of nitrogens with one attached hydrogen (secondary N) is 1. The molecule has 1 heterocycles. The molecule has 1 N–H and O–H groups in total. The van der Waals surface area contributed by atoms with Crippen LogP contribution in [-0.2, 0) is 15.3 Å². The monoisotopic (exact) mass is 325 g/mol. The van der Waals surface area contributed by atoms with Crippen LogP contribution in [-0.4, -0.2) is 42.4 Å². The van der Waals surface area contributed by atoms with E-state index < -0.39 is 0 Å². The molecule has 3 nitrogen and oxygen atoms in total. The van der Waals surface area contributed by atoms with Crippen molar-refractivity contribution < 1.29 is 9.53 Å². The third-order valence-corrected chi connectivity index (χ3v) is 5.68. The van der Waals surface area contributed by atoms with E-state index in [0.717, 1.165) is 44.1 Å². The Bertz CT molecular complexity index is 408. The summed E-state index contributed by atoms with van der Waals surface area (Å²) < 4.78 is 5.34. The highest BCUT2D eigenvalue weighted by atomic mass is 32.2. The third-order valence-electron chi connectivity index (χ3n) is 3.29. The zero-order valence-electron chi connectivity index (χ0n) is 12.3. The Balaban J connectivity index is 1.47. The highest BCUT2D eigenvalue weighted by Crippen LogP contribution is 2.21. The summed E-state index contributed by atoms with van der Waals surface area (Å²) in [6.45, 7) is 2.55. The first-order valence-corrected chi connectivity index (χ1v) is 9.62. The lowest BCUT2D eigenvalue weighted by Crippen LogP contribution is -2.28. The van der Waals surface area contributed by atoms with Gasteiger partial charge in [-0.25, -0.2) is 0 Å². The van der Waals surface area contributed by atoms with Crippen LogP contribution < -0.4 is 5.32 Å². The second-order valence-electron chi connectivity index (χ2n) is 5.01. The summed E-state index contributed by atoms with van der Waals surface area (Å²) in [6, 6.07) is 10.3. The van der Waals surface area contributed by atoms with Gasteiger partial charge in [-0.1, -0.05) is 30.3 Å². The Kier molecular flexibility index (Phi) is 8.07. The number of carbonyl (C=O) groups excluding carboxylic acids is 1. The van der Waals surface area contributed by atoms with Crippen molar-refractivity contribution in [2.24, 2.45) is 0 Å².